The molecule has 0 spiro atoms. The topological polar surface area (TPSA) is 46.4 Å². The Hall–Kier alpha value is -1.76. The van der Waals surface area contributed by atoms with Gasteiger partial charge in [0.1, 0.15) is 0 Å². The Morgan fingerprint density at radius 1 is 1.20 bits per heavy atom. The van der Waals surface area contributed by atoms with E-state index in [9.17, 15) is 0 Å². The third-order valence-corrected chi connectivity index (χ3v) is 5.43. The second-order valence-corrected chi connectivity index (χ2v) is 7.24. The number of piperidine rings is 1. The minimum absolute atomic E-state index is 0.363. The van der Waals surface area contributed by atoms with Gasteiger partial charge in [0.2, 0.25) is 0 Å². The molecule has 2 aromatic heterocycles. The average molecular weight is 341 g/mol. The standard InChI is InChI=1S/C19H27N5O/c1-15-17(12-22(2)21-15)13-23-8-5-19-18(14-23)24(9-10-25-19)11-16-3-6-20-7-4-16/h3-4,6-7,12,18-19H,5,8-11,13-14H2,1-2H3/t18-,19-/m1/s1. The third-order valence-electron chi connectivity index (χ3n) is 5.43. The van der Waals surface area contributed by atoms with Crippen molar-refractivity contribution in [2.24, 2.45) is 7.05 Å². The first kappa shape index (κ1) is 16.7. The fourth-order valence-electron chi connectivity index (χ4n) is 4.12. The molecule has 4 rings (SSSR count). The van der Waals surface area contributed by atoms with Crippen LogP contribution in [0.5, 0.6) is 0 Å². The Kier molecular flexibility index (Phi) is 4.83. The predicted molar refractivity (Wildman–Crippen MR) is 96.0 cm³/mol. The molecule has 2 aromatic rings. The second kappa shape index (κ2) is 7.23. The molecule has 0 unspecified atom stereocenters. The van der Waals surface area contributed by atoms with Crippen LogP contribution in [0, 0.1) is 6.92 Å². The van der Waals surface area contributed by atoms with Crippen molar-refractivity contribution in [2.45, 2.75) is 38.6 Å². The Morgan fingerprint density at radius 3 is 2.80 bits per heavy atom. The fourth-order valence-corrected chi connectivity index (χ4v) is 4.12. The molecule has 134 valence electrons. The second-order valence-electron chi connectivity index (χ2n) is 7.24. The zero-order chi connectivity index (χ0) is 17.2. The van der Waals surface area contributed by atoms with Gasteiger partial charge in [-0.3, -0.25) is 19.5 Å². The number of hydrogen-bond acceptors (Lipinski definition) is 5. The van der Waals surface area contributed by atoms with Crippen LogP contribution < -0.4 is 0 Å². The first-order valence-electron chi connectivity index (χ1n) is 9.15. The molecule has 25 heavy (non-hydrogen) atoms. The zero-order valence-corrected chi connectivity index (χ0v) is 15.1. The van der Waals surface area contributed by atoms with E-state index in [1.165, 1.54) is 11.1 Å². The summed E-state index contributed by atoms with van der Waals surface area (Å²) < 4.78 is 7.99. The van der Waals surface area contributed by atoms with E-state index in [0.29, 0.717) is 12.1 Å². The van der Waals surface area contributed by atoms with Crippen LogP contribution in [0.15, 0.2) is 30.7 Å². The number of rotatable bonds is 4. The van der Waals surface area contributed by atoms with Gasteiger partial charge in [-0.1, -0.05) is 0 Å². The Bertz CT molecular complexity index is 701. The van der Waals surface area contributed by atoms with E-state index in [4.69, 9.17) is 4.74 Å². The van der Waals surface area contributed by atoms with Crippen LogP contribution in [0.1, 0.15) is 23.2 Å². The predicted octanol–water partition coefficient (Wildman–Crippen LogP) is 1.60. The number of aromatic nitrogens is 3. The number of hydrogen-bond donors (Lipinski definition) is 0. The van der Waals surface area contributed by atoms with Gasteiger partial charge < -0.3 is 4.74 Å². The molecule has 2 aliphatic heterocycles. The van der Waals surface area contributed by atoms with Gasteiger partial charge in [-0.15, -0.1) is 0 Å². The lowest BCUT2D eigenvalue weighted by Crippen LogP contribution is -2.59. The molecule has 2 atom stereocenters. The van der Waals surface area contributed by atoms with E-state index in [1.54, 1.807) is 0 Å². The van der Waals surface area contributed by atoms with Crippen LogP contribution in [0.4, 0.5) is 0 Å². The van der Waals surface area contributed by atoms with Crippen LogP contribution in [0.25, 0.3) is 0 Å². The number of fused-ring (bicyclic) bond motifs is 1. The van der Waals surface area contributed by atoms with E-state index in [-0.39, 0.29) is 0 Å². The minimum atomic E-state index is 0.363. The lowest BCUT2D eigenvalue weighted by Gasteiger charge is -2.47. The van der Waals surface area contributed by atoms with E-state index in [1.807, 2.05) is 24.1 Å². The molecule has 2 saturated heterocycles. The number of morpholine rings is 1. The molecular formula is C19H27N5O. The largest absolute Gasteiger partial charge is 0.375 e. The minimum Gasteiger partial charge on any atom is -0.375 e. The molecule has 0 N–H and O–H groups in total. The summed E-state index contributed by atoms with van der Waals surface area (Å²) in [6, 6.07) is 4.70. The van der Waals surface area contributed by atoms with Crippen molar-refractivity contribution in [2.75, 3.05) is 26.2 Å². The van der Waals surface area contributed by atoms with Crippen LogP contribution in [-0.2, 0) is 24.9 Å². The van der Waals surface area contributed by atoms with Crippen LogP contribution in [0.2, 0.25) is 0 Å². The SMILES string of the molecule is Cc1nn(C)cc1CN1CC[C@H]2OCCN(Cc3ccncc3)[C@@H]2C1. The Balaban J connectivity index is 1.44. The fraction of sp³-hybridized carbons (Fsp3) is 0.579. The average Bonchev–Trinajstić information content (AvgIpc) is 2.93. The van der Waals surface area contributed by atoms with Crippen molar-refractivity contribution in [1.29, 1.82) is 0 Å². The number of ether oxygens (including phenoxy) is 1. The third kappa shape index (κ3) is 3.76. The molecule has 6 nitrogen and oxygen atoms in total. The molecule has 6 heteroatoms. The van der Waals surface area contributed by atoms with Gasteiger partial charge >= 0.3 is 0 Å². The van der Waals surface area contributed by atoms with Gasteiger partial charge in [0.15, 0.2) is 0 Å². The molecule has 4 heterocycles. The summed E-state index contributed by atoms with van der Waals surface area (Å²) in [5.41, 5.74) is 3.80. The van der Waals surface area contributed by atoms with Gasteiger partial charge in [0.25, 0.3) is 0 Å². The maximum atomic E-state index is 6.08. The highest BCUT2D eigenvalue weighted by molar-refractivity contribution is 5.15. The Labute approximate surface area is 149 Å². The normalized spacial score (nSPS) is 25.0. The molecule has 0 amide bonds. The monoisotopic (exact) mass is 341 g/mol. The molecule has 0 aromatic carbocycles. The summed E-state index contributed by atoms with van der Waals surface area (Å²) in [5.74, 6) is 0. The summed E-state index contributed by atoms with van der Waals surface area (Å²) in [6.07, 6.45) is 7.38. The summed E-state index contributed by atoms with van der Waals surface area (Å²) in [6.45, 7) is 8.06. The van der Waals surface area contributed by atoms with E-state index in [0.717, 1.165) is 51.4 Å². The molecule has 2 aliphatic rings. The summed E-state index contributed by atoms with van der Waals surface area (Å²) >= 11 is 0. The summed E-state index contributed by atoms with van der Waals surface area (Å²) in [4.78, 5) is 9.27. The highest BCUT2D eigenvalue weighted by atomic mass is 16.5. The highest BCUT2D eigenvalue weighted by Gasteiger charge is 2.37. The lowest BCUT2D eigenvalue weighted by atomic mass is 9.97. The number of aryl methyl sites for hydroxylation is 2. The van der Waals surface area contributed by atoms with Crippen molar-refractivity contribution in [3.8, 4) is 0 Å². The molecule has 0 saturated carbocycles. The number of likely N-dealkylation sites (tertiary alicyclic amines) is 1. The van der Waals surface area contributed by atoms with E-state index in [2.05, 4.69) is 45.1 Å². The lowest BCUT2D eigenvalue weighted by molar-refractivity contribution is -0.107. The molecule has 2 fully saturated rings. The highest BCUT2D eigenvalue weighted by Crippen LogP contribution is 2.26. The molecule has 0 radical (unpaired) electrons. The first-order chi connectivity index (χ1) is 12.2. The van der Waals surface area contributed by atoms with Gasteiger partial charge in [-0.05, 0) is 31.0 Å². The smallest absolute Gasteiger partial charge is 0.0755 e. The maximum Gasteiger partial charge on any atom is 0.0755 e. The number of nitrogens with zero attached hydrogens (tertiary/aromatic N) is 5. The molecular weight excluding hydrogens is 314 g/mol. The van der Waals surface area contributed by atoms with E-state index < -0.39 is 0 Å². The van der Waals surface area contributed by atoms with Crippen LogP contribution in [-0.4, -0.2) is 63.0 Å². The van der Waals surface area contributed by atoms with Crippen LogP contribution in [0.3, 0.4) is 0 Å². The molecule has 0 aliphatic carbocycles. The van der Waals surface area contributed by atoms with Crippen molar-refractivity contribution < 1.29 is 4.74 Å². The van der Waals surface area contributed by atoms with Crippen molar-refractivity contribution in [3.63, 3.8) is 0 Å². The van der Waals surface area contributed by atoms with Gasteiger partial charge in [0.05, 0.1) is 18.4 Å². The first-order valence-corrected chi connectivity index (χ1v) is 9.15. The van der Waals surface area contributed by atoms with Crippen molar-refractivity contribution >= 4 is 0 Å². The number of pyridine rings is 1. The summed E-state index contributed by atoms with van der Waals surface area (Å²) in [7, 11) is 1.99. The van der Waals surface area contributed by atoms with Gasteiger partial charge in [-0.25, -0.2) is 0 Å². The van der Waals surface area contributed by atoms with Crippen LogP contribution >= 0.6 is 0 Å². The van der Waals surface area contributed by atoms with Crippen molar-refractivity contribution in [1.82, 2.24) is 24.6 Å². The Morgan fingerprint density at radius 2 is 2.04 bits per heavy atom. The van der Waals surface area contributed by atoms with Gasteiger partial charge in [0, 0.05) is 70.0 Å². The van der Waals surface area contributed by atoms with Crippen molar-refractivity contribution in [3.05, 3.63) is 47.5 Å². The quantitative estimate of drug-likeness (QED) is 0.845. The maximum absolute atomic E-state index is 6.08. The van der Waals surface area contributed by atoms with E-state index >= 15 is 0 Å². The zero-order valence-electron chi connectivity index (χ0n) is 15.1. The summed E-state index contributed by atoms with van der Waals surface area (Å²) in [5, 5.41) is 4.48. The van der Waals surface area contributed by atoms with Gasteiger partial charge in [-0.2, -0.15) is 5.10 Å². The molecule has 0 bridgehead atoms.